The van der Waals surface area contributed by atoms with Crippen molar-refractivity contribution < 1.29 is 0 Å². The van der Waals surface area contributed by atoms with Gasteiger partial charge in [0.2, 0.25) is 0 Å². The van der Waals surface area contributed by atoms with Crippen LogP contribution < -0.4 is 15.5 Å². The van der Waals surface area contributed by atoms with Crippen LogP contribution in [0.25, 0.3) is 0 Å². The molecule has 100 valence electrons. The SMILES string of the molecule is CCNc1cc(N2CCNCC(C)C2)nc(C)n1. The maximum Gasteiger partial charge on any atom is 0.134 e. The van der Waals surface area contributed by atoms with Crippen molar-refractivity contribution in [2.24, 2.45) is 5.92 Å². The molecule has 5 nitrogen and oxygen atoms in total. The fraction of sp³-hybridized carbons (Fsp3) is 0.692. The molecule has 1 aliphatic rings. The second-order valence-electron chi connectivity index (χ2n) is 4.94. The van der Waals surface area contributed by atoms with Crippen molar-refractivity contribution in [3.8, 4) is 0 Å². The molecule has 0 amide bonds. The Bertz CT molecular complexity index is 393. The molecule has 18 heavy (non-hydrogen) atoms. The zero-order valence-electron chi connectivity index (χ0n) is 11.5. The first-order valence-electron chi connectivity index (χ1n) is 6.74. The van der Waals surface area contributed by atoms with Crippen LogP contribution in [0, 0.1) is 12.8 Å². The Hall–Kier alpha value is -1.36. The van der Waals surface area contributed by atoms with Gasteiger partial charge in [-0.3, -0.25) is 0 Å². The average molecular weight is 249 g/mol. The fourth-order valence-electron chi connectivity index (χ4n) is 2.29. The van der Waals surface area contributed by atoms with E-state index in [1.165, 1.54) is 0 Å². The lowest BCUT2D eigenvalue weighted by Gasteiger charge is -2.24. The predicted octanol–water partition coefficient (Wildman–Crippen LogP) is 1.26. The van der Waals surface area contributed by atoms with Gasteiger partial charge in [0.05, 0.1) is 0 Å². The molecule has 0 saturated carbocycles. The molecule has 2 N–H and O–H groups in total. The van der Waals surface area contributed by atoms with Gasteiger partial charge in [-0.25, -0.2) is 9.97 Å². The second kappa shape index (κ2) is 6.00. The minimum Gasteiger partial charge on any atom is -0.370 e. The maximum atomic E-state index is 4.56. The van der Waals surface area contributed by atoms with Gasteiger partial charge < -0.3 is 15.5 Å². The van der Waals surface area contributed by atoms with E-state index in [9.17, 15) is 0 Å². The molecule has 1 unspecified atom stereocenters. The number of nitrogens with one attached hydrogen (secondary N) is 2. The van der Waals surface area contributed by atoms with Crippen LogP contribution in [-0.2, 0) is 0 Å². The summed E-state index contributed by atoms with van der Waals surface area (Å²) in [7, 11) is 0. The van der Waals surface area contributed by atoms with E-state index in [1.54, 1.807) is 0 Å². The first kappa shape index (κ1) is 13.1. The Balaban J connectivity index is 2.19. The van der Waals surface area contributed by atoms with Crippen LogP contribution in [0.15, 0.2) is 6.07 Å². The van der Waals surface area contributed by atoms with Gasteiger partial charge >= 0.3 is 0 Å². The Kier molecular flexibility index (Phi) is 4.36. The van der Waals surface area contributed by atoms with Crippen molar-refractivity contribution in [3.63, 3.8) is 0 Å². The molecule has 1 atom stereocenters. The number of hydrogen-bond acceptors (Lipinski definition) is 5. The lowest BCUT2D eigenvalue weighted by Crippen LogP contribution is -2.30. The molecule has 0 aliphatic carbocycles. The van der Waals surface area contributed by atoms with Gasteiger partial charge in [-0.1, -0.05) is 6.92 Å². The van der Waals surface area contributed by atoms with Crippen molar-refractivity contribution in [3.05, 3.63) is 11.9 Å². The quantitative estimate of drug-likeness (QED) is 0.845. The van der Waals surface area contributed by atoms with Crippen LogP contribution in [0.2, 0.25) is 0 Å². The number of anilines is 2. The zero-order chi connectivity index (χ0) is 13.0. The first-order valence-corrected chi connectivity index (χ1v) is 6.74. The third-order valence-corrected chi connectivity index (χ3v) is 3.09. The van der Waals surface area contributed by atoms with E-state index in [4.69, 9.17) is 0 Å². The molecule has 2 heterocycles. The van der Waals surface area contributed by atoms with Crippen LogP contribution in [0.3, 0.4) is 0 Å². The molecule has 0 aromatic carbocycles. The molecule has 1 aliphatic heterocycles. The van der Waals surface area contributed by atoms with Crippen molar-refractivity contribution in [2.75, 3.05) is 42.9 Å². The monoisotopic (exact) mass is 249 g/mol. The minimum atomic E-state index is 0.644. The van der Waals surface area contributed by atoms with Crippen molar-refractivity contribution in [2.45, 2.75) is 20.8 Å². The first-order chi connectivity index (χ1) is 8.69. The summed E-state index contributed by atoms with van der Waals surface area (Å²) in [5.74, 6) is 3.43. The van der Waals surface area contributed by atoms with Crippen LogP contribution in [0.4, 0.5) is 11.6 Å². The summed E-state index contributed by atoms with van der Waals surface area (Å²) < 4.78 is 0. The molecule has 0 radical (unpaired) electrons. The molecule has 0 bridgehead atoms. The summed E-state index contributed by atoms with van der Waals surface area (Å²) in [4.78, 5) is 11.3. The van der Waals surface area contributed by atoms with E-state index in [-0.39, 0.29) is 0 Å². The van der Waals surface area contributed by atoms with Crippen LogP contribution in [-0.4, -0.2) is 42.7 Å². The Labute approximate surface area is 109 Å². The topological polar surface area (TPSA) is 53.1 Å². The van der Waals surface area contributed by atoms with Gasteiger partial charge in [0.25, 0.3) is 0 Å². The highest BCUT2D eigenvalue weighted by Crippen LogP contribution is 2.17. The van der Waals surface area contributed by atoms with Gasteiger partial charge in [0, 0.05) is 32.2 Å². The summed E-state index contributed by atoms with van der Waals surface area (Å²) in [6, 6.07) is 2.05. The van der Waals surface area contributed by atoms with Crippen molar-refractivity contribution in [1.29, 1.82) is 0 Å². The summed E-state index contributed by atoms with van der Waals surface area (Å²) in [6.07, 6.45) is 0. The Morgan fingerprint density at radius 2 is 2.33 bits per heavy atom. The standard InChI is InChI=1S/C13H23N5/c1-4-15-12-7-13(17-11(3)16-12)18-6-5-14-8-10(2)9-18/h7,10,14H,4-6,8-9H2,1-3H3,(H,15,16,17). The molecule has 2 rings (SSSR count). The third kappa shape index (κ3) is 3.32. The summed E-state index contributed by atoms with van der Waals surface area (Å²) in [6.45, 7) is 11.3. The van der Waals surface area contributed by atoms with E-state index in [0.717, 1.165) is 50.2 Å². The van der Waals surface area contributed by atoms with Gasteiger partial charge in [-0.2, -0.15) is 0 Å². The highest BCUT2D eigenvalue weighted by atomic mass is 15.2. The smallest absolute Gasteiger partial charge is 0.134 e. The van der Waals surface area contributed by atoms with Gasteiger partial charge in [0.1, 0.15) is 17.5 Å². The predicted molar refractivity (Wildman–Crippen MR) is 75.2 cm³/mol. The van der Waals surface area contributed by atoms with E-state index < -0.39 is 0 Å². The molecule has 1 aromatic rings. The van der Waals surface area contributed by atoms with Crippen LogP contribution >= 0.6 is 0 Å². The summed E-state index contributed by atoms with van der Waals surface area (Å²) in [5, 5.41) is 6.71. The summed E-state index contributed by atoms with van der Waals surface area (Å²) >= 11 is 0. The maximum absolute atomic E-state index is 4.56. The average Bonchev–Trinajstić information content (AvgIpc) is 2.53. The van der Waals surface area contributed by atoms with Crippen LogP contribution in [0.5, 0.6) is 0 Å². The number of aromatic nitrogens is 2. The van der Waals surface area contributed by atoms with E-state index in [1.807, 2.05) is 6.92 Å². The minimum absolute atomic E-state index is 0.644. The lowest BCUT2D eigenvalue weighted by atomic mass is 10.2. The molecule has 1 saturated heterocycles. The Morgan fingerprint density at radius 3 is 3.11 bits per heavy atom. The van der Waals surface area contributed by atoms with Crippen LogP contribution in [0.1, 0.15) is 19.7 Å². The molecule has 1 aromatic heterocycles. The van der Waals surface area contributed by atoms with Gasteiger partial charge in [-0.05, 0) is 26.3 Å². The number of aryl methyl sites for hydroxylation is 1. The highest BCUT2D eigenvalue weighted by molar-refractivity contribution is 5.49. The van der Waals surface area contributed by atoms with E-state index in [0.29, 0.717) is 5.92 Å². The van der Waals surface area contributed by atoms with E-state index in [2.05, 4.69) is 45.4 Å². The molecule has 5 heteroatoms. The second-order valence-corrected chi connectivity index (χ2v) is 4.94. The highest BCUT2D eigenvalue weighted by Gasteiger charge is 2.16. The number of nitrogens with zero attached hydrogens (tertiary/aromatic N) is 3. The molecule has 1 fully saturated rings. The van der Waals surface area contributed by atoms with Crippen molar-refractivity contribution >= 4 is 11.6 Å². The molecule has 0 spiro atoms. The largest absolute Gasteiger partial charge is 0.370 e. The van der Waals surface area contributed by atoms with Crippen molar-refractivity contribution in [1.82, 2.24) is 15.3 Å². The molecular formula is C13H23N5. The zero-order valence-corrected chi connectivity index (χ0v) is 11.5. The lowest BCUT2D eigenvalue weighted by molar-refractivity contribution is 0.562. The van der Waals surface area contributed by atoms with Gasteiger partial charge in [-0.15, -0.1) is 0 Å². The van der Waals surface area contributed by atoms with E-state index >= 15 is 0 Å². The third-order valence-electron chi connectivity index (χ3n) is 3.09. The summed E-state index contributed by atoms with van der Waals surface area (Å²) in [5.41, 5.74) is 0. The Morgan fingerprint density at radius 1 is 1.50 bits per heavy atom. The molecular weight excluding hydrogens is 226 g/mol. The fourth-order valence-corrected chi connectivity index (χ4v) is 2.29. The number of rotatable bonds is 3. The van der Waals surface area contributed by atoms with Gasteiger partial charge in [0.15, 0.2) is 0 Å². The normalized spacial score (nSPS) is 20.6. The number of hydrogen-bond donors (Lipinski definition) is 2.